The summed E-state index contributed by atoms with van der Waals surface area (Å²) in [5.41, 5.74) is 0.363. The summed E-state index contributed by atoms with van der Waals surface area (Å²) in [6.07, 6.45) is 0. The van der Waals surface area contributed by atoms with Crippen LogP contribution in [0.25, 0.3) is 0 Å². The third-order valence-corrected chi connectivity index (χ3v) is 3.22. The van der Waals surface area contributed by atoms with Crippen LogP contribution in [0.3, 0.4) is 0 Å². The van der Waals surface area contributed by atoms with Crippen LogP contribution in [0.5, 0.6) is 0 Å². The van der Waals surface area contributed by atoms with Gasteiger partial charge in [0.1, 0.15) is 11.6 Å². The highest BCUT2D eigenvalue weighted by Gasteiger charge is 2.14. The Bertz CT molecular complexity index is 825. The minimum absolute atomic E-state index is 0.309. The third-order valence-electron chi connectivity index (χ3n) is 3.22. The first-order chi connectivity index (χ1) is 11.9. The van der Waals surface area contributed by atoms with Crippen molar-refractivity contribution in [1.82, 2.24) is 10.6 Å². The standard InChI is InChI=1S/C17H15F2N3O3/c1-20-16(24)10-3-2-4-12(7-10)22-15(23)9-21-17(25)13-6-5-11(18)8-14(13)19/h2-8H,9H2,1H3,(H,20,24)(H,21,25)(H,22,23). The molecule has 2 rings (SSSR count). The second kappa shape index (κ2) is 8.00. The largest absolute Gasteiger partial charge is 0.355 e. The van der Waals surface area contributed by atoms with Gasteiger partial charge < -0.3 is 16.0 Å². The molecule has 0 unspecified atom stereocenters. The summed E-state index contributed by atoms with van der Waals surface area (Å²) in [4.78, 5) is 35.2. The number of benzene rings is 2. The van der Waals surface area contributed by atoms with Crippen molar-refractivity contribution in [3.8, 4) is 0 Å². The molecule has 0 aliphatic carbocycles. The molecule has 2 aromatic rings. The van der Waals surface area contributed by atoms with Crippen molar-refractivity contribution >= 4 is 23.4 Å². The smallest absolute Gasteiger partial charge is 0.254 e. The number of amides is 3. The summed E-state index contributed by atoms with van der Waals surface area (Å²) in [5, 5.41) is 7.20. The number of hydrogen-bond acceptors (Lipinski definition) is 3. The van der Waals surface area contributed by atoms with Crippen LogP contribution in [0.2, 0.25) is 0 Å². The van der Waals surface area contributed by atoms with Crippen LogP contribution in [0, 0.1) is 11.6 Å². The van der Waals surface area contributed by atoms with E-state index in [1.807, 2.05) is 0 Å². The Morgan fingerprint density at radius 2 is 1.76 bits per heavy atom. The van der Waals surface area contributed by atoms with E-state index in [0.29, 0.717) is 17.3 Å². The molecule has 0 spiro atoms. The fourth-order valence-corrected chi connectivity index (χ4v) is 2.02. The van der Waals surface area contributed by atoms with Gasteiger partial charge in [-0.2, -0.15) is 0 Å². The molecular weight excluding hydrogens is 332 g/mol. The molecule has 0 aromatic heterocycles. The van der Waals surface area contributed by atoms with Crippen molar-refractivity contribution in [2.75, 3.05) is 18.9 Å². The Labute approximate surface area is 142 Å². The SMILES string of the molecule is CNC(=O)c1cccc(NC(=O)CNC(=O)c2ccc(F)cc2F)c1. The molecule has 0 bridgehead atoms. The van der Waals surface area contributed by atoms with E-state index in [1.54, 1.807) is 18.2 Å². The molecule has 0 aliphatic heterocycles. The topological polar surface area (TPSA) is 87.3 Å². The monoisotopic (exact) mass is 347 g/mol. The van der Waals surface area contributed by atoms with Gasteiger partial charge in [-0.05, 0) is 30.3 Å². The minimum Gasteiger partial charge on any atom is -0.355 e. The first-order valence-corrected chi connectivity index (χ1v) is 7.26. The van der Waals surface area contributed by atoms with Crippen molar-refractivity contribution in [3.05, 3.63) is 65.2 Å². The summed E-state index contributed by atoms with van der Waals surface area (Å²) >= 11 is 0. The second-order valence-corrected chi connectivity index (χ2v) is 5.01. The van der Waals surface area contributed by atoms with Gasteiger partial charge in [-0.1, -0.05) is 6.07 Å². The number of rotatable bonds is 5. The predicted octanol–water partition coefficient (Wildman–Crippen LogP) is 1.69. The highest BCUT2D eigenvalue weighted by atomic mass is 19.1. The molecule has 0 fully saturated rings. The fourth-order valence-electron chi connectivity index (χ4n) is 2.02. The Morgan fingerprint density at radius 3 is 2.44 bits per heavy atom. The summed E-state index contributed by atoms with van der Waals surface area (Å²) in [6.45, 7) is -0.417. The third kappa shape index (κ3) is 4.84. The van der Waals surface area contributed by atoms with Crippen molar-refractivity contribution < 1.29 is 23.2 Å². The molecule has 6 nitrogen and oxygen atoms in total. The van der Waals surface area contributed by atoms with Crippen LogP contribution in [0.4, 0.5) is 14.5 Å². The maximum atomic E-state index is 13.5. The number of nitrogens with one attached hydrogen (secondary N) is 3. The van der Waals surface area contributed by atoms with E-state index in [-0.39, 0.29) is 11.5 Å². The van der Waals surface area contributed by atoms with Crippen molar-refractivity contribution in [1.29, 1.82) is 0 Å². The molecule has 25 heavy (non-hydrogen) atoms. The molecule has 0 atom stereocenters. The van der Waals surface area contributed by atoms with E-state index >= 15 is 0 Å². The second-order valence-electron chi connectivity index (χ2n) is 5.01. The van der Waals surface area contributed by atoms with Gasteiger partial charge in [-0.25, -0.2) is 8.78 Å². The van der Waals surface area contributed by atoms with Crippen LogP contribution in [-0.4, -0.2) is 31.3 Å². The number of carbonyl (C=O) groups excluding carboxylic acids is 3. The van der Waals surface area contributed by atoms with E-state index in [0.717, 1.165) is 12.1 Å². The molecule has 2 aromatic carbocycles. The van der Waals surface area contributed by atoms with Crippen molar-refractivity contribution in [3.63, 3.8) is 0 Å². The van der Waals surface area contributed by atoms with E-state index in [1.165, 1.54) is 13.1 Å². The van der Waals surface area contributed by atoms with Gasteiger partial charge in [0.2, 0.25) is 5.91 Å². The van der Waals surface area contributed by atoms with E-state index in [4.69, 9.17) is 0 Å². The van der Waals surface area contributed by atoms with Gasteiger partial charge in [0.25, 0.3) is 11.8 Å². The number of hydrogen-bond donors (Lipinski definition) is 3. The summed E-state index contributed by atoms with van der Waals surface area (Å²) in [7, 11) is 1.48. The molecule has 0 heterocycles. The quantitative estimate of drug-likeness (QED) is 0.769. The lowest BCUT2D eigenvalue weighted by Gasteiger charge is -2.09. The highest BCUT2D eigenvalue weighted by molar-refractivity contribution is 6.00. The fraction of sp³-hybridized carbons (Fsp3) is 0.118. The minimum atomic E-state index is -1.02. The Hall–Kier alpha value is -3.29. The predicted molar refractivity (Wildman–Crippen MR) is 87.2 cm³/mol. The zero-order valence-corrected chi connectivity index (χ0v) is 13.2. The van der Waals surface area contributed by atoms with E-state index in [9.17, 15) is 23.2 Å². The lowest BCUT2D eigenvalue weighted by molar-refractivity contribution is -0.115. The Balaban J connectivity index is 1.94. The average molecular weight is 347 g/mol. The first-order valence-electron chi connectivity index (χ1n) is 7.26. The summed E-state index contributed by atoms with van der Waals surface area (Å²) in [6, 6.07) is 8.73. The number of halogens is 2. The summed E-state index contributed by atoms with van der Waals surface area (Å²) < 4.78 is 26.3. The molecular formula is C17H15F2N3O3. The number of carbonyl (C=O) groups is 3. The van der Waals surface area contributed by atoms with Crippen molar-refractivity contribution in [2.45, 2.75) is 0 Å². The zero-order chi connectivity index (χ0) is 18.4. The zero-order valence-electron chi connectivity index (χ0n) is 13.2. The molecule has 0 saturated carbocycles. The maximum Gasteiger partial charge on any atom is 0.254 e. The Kier molecular flexibility index (Phi) is 5.78. The van der Waals surface area contributed by atoms with E-state index < -0.39 is 30.0 Å². The van der Waals surface area contributed by atoms with Gasteiger partial charge >= 0.3 is 0 Å². The van der Waals surface area contributed by atoms with Gasteiger partial charge in [0, 0.05) is 24.4 Å². The van der Waals surface area contributed by atoms with Crippen LogP contribution in [-0.2, 0) is 4.79 Å². The first kappa shape index (κ1) is 18.1. The Morgan fingerprint density at radius 1 is 1.00 bits per heavy atom. The number of anilines is 1. The summed E-state index contributed by atoms with van der Waals surface area (Å²) in [5.74, 6) is -3.54. The van der Waals surface area contributed by atoms with Gasteiger partial charge in [-0.15, -0.1) is 0 Å². The normalized spacial score (nSPS) is 10.0. The molecule has 0 radical (unpaired) electrons. The molecule has 0 aliphatic rings. The van der Waals surface area contributed by atoms with Crippen LogP contribution >= 0.6 is 0 Å². The molecule has 0 saturated heterocycles. The van der Waals surface area contributed by atoms with Gasteiger partial charge in [-0.3, -0.25) is 14.4 Å². The molecule has 3 N–H and O–H groups in total. The lowest BCUT2D eigenvalue weighted by Crippen LogP contribution is -2.33. The van der Waals surface area contributed by atoms with Crippen LogP contribution < -0.4 is 16.0 Å². The van der Waals surface area contributed by atoms with Crippen LogP contribution in [0.1, 0.15) is 20.7 Å². The van der Waals surface area contributed by atoms with Crippen LogP contribution in [0.15, 0.2) is 42.5 Å². The maximum absolute atomic E-state index is 13.5. The lowest BCUT2D eigenvalue weighted by atomic mass is 10.2. The molecule has 130 valence electrons. The van der Waals surface area contributed by atoms with Gasteiger partial charge in [0.05, 0.1) is 12.1 Å². The highest BCUT2D eigenvalue weighted by Crippen LogP contribution is 2.11. The van der Waals surface area contributed by atoms with Crippen molar-refractivity contribution in [2.24, 2.45) is 0 Å². The molecule has 8 heteroatoms. The molecule has 3 amide bonds. The van der Waals surface area contributed by atoms with E-state index in [2.05, 4.69) is 16.0 Å². The van der Waals surface area contributed by atoms with Gasteiger partial charge in [0.15, 0.2) is 0 Å². The average Bonchev–Trinajstić information content (AvgIpc) is 2.59.